The smallest absolute Gasteiger partial charge is 0.276 e. The first kappa shape index (κ1) is 18.8. The fourth-order valence-corrected chi connectivity index (χ4v) is 3.47. The van der Waals surface area contributed by atoms with Crippen LogP contribution in [0.1, 0.15) is 32.1 Å². The summed E-state index contributed by atoms with van der Waals surface area (Å²) >= 11 is 0. The van der Waals surface area contributed by atoms with Gasteiger partial charge in [-0.15, -0.1) is 0 Å². The van der Waals surface area contributed by atoms with Gasteiger partial charge in [0.2, 0.25) is 0 Å². The Hall–Kier alpha value is -3.54. The number of fused-ring (bicyclic) bond motifs is 1. The molecule has 0 spiro atoms. The number of benzene rings is 2. The maximum Gasteiger partial charge on any atom is 0.276 e. The number of hydrogen-bond donors (Lipinski definition) is 1. The van der Waals surface area contributed by atoms with Gasteiger partial charge >= 0.3 is 0 Å². The lowest BCUT2D eigenvalue weighted by Gasteiger charge is -2.17. The van der Waals surface area contributed by atoms with Crippen LogP contribution in [0.15, 0.2) is 66.7 Å². The molecule has 2 aromatic carbocycles. The van der Waals surface area contributed by atoms with E-state index in [-0.39, 0.29) is 29.7 Å². The summed E-state index contributed by atoms with van der Waals surface area (Å²) in [5.41, 5.74) is 2.94. The molecule has 146 valence electrons. The van der Waals surface area contributed by atoms with Crippen molar-refractivity contribution >= 4 is 17.5 Å². The van der Waals surface area contributed by atoms with Crippen molar-refractivity contribution in [1.29, 1.82) is 0 Å². The van der Waals surface area contributed by atoms with Crippen LogP contribution in [0.25, 0.3) is 0 Å². The summed E-state index contributed by atoms with van der Waals surface area (Å²) in [6.07, 6.45) is 1.18. The number of halogens is 1. The van der Waals surface area contributed by atoms with Crippen LogP contribution in [0.4, 0.5) is 10.1 Å². The lowest BCUT2D eigenvalue weighted by molar-refractivity contribution is 0.0948. The fraction of sp³-hybridized carbons (Fsp3) is 0.174. The highest BCUT2D eigenvalue weighted by Crippen LogP contribution is 2.28. The molecule has 0 radical (unpaired) electrons. The molecule has 1 aliphatic heterocycles. The summed E-state index contributed by atoms with van der Waals surface area (Å²) in [6.45, 7) is 0.873. The molecule has 6 heteroatoms. The van der Waals surface area contributed by atoms with E-state index in [1.807, 2.05) is 24.3 Å². The van der Waals surface area contributed by atoms with Gasteiger partial charge in [0.1, 0.15) is 17.2 Å². The van der Waals surface area contributed by atoms with E-state index in [4.69, 9.17) is 0 Å². The zero-order valence-electron chi connectivity index (χ0n) is 15.8. The van der Waals surface area contributed by atoms with Crippen LogP contribution in [0.3, 0.4) is 0 Å². The Morgan fingerprint density at radius 2 is 1.72 bits per heavy atom. The van der Waals surface area contributed by atoms with Crippen LogP contribution in [-0.4, -0.2) is 29.9 Å². The average Bonchev–Trinajstić information content (AvgIpc) is 3.19. The van der Waals surface area contributed by atoms with Gasteiger partial charge in [-0.1, -0.05) is 42.5 Å². The molecule has 3 aromatic rings. The largest absolute Gasteiger partial charge is 0.350 e. The molecule has 4 rings (SSSR count). The molecule has 0 aliphatic carbocycles. The van der Waals surface area contributed by atoms with Gasteiger partial charge in [0.25, 0.3) is 11.8 Å². The van der Waals surface area contributed by atoms with E-state index >= 15 is 0 Å². The molecule has 2 amide bonds. The number of pyridine rings is 1. The maximum absolute atomic E-state index is 13.7. The summed E-state index contributed by atoms with van der Waals surface area (Å²) in [5.74, 6) is -0.910. The third-order valence-corrected chi connectivity index (χ3v) is 4.97. The molecule has 2 heterocycles. The van der Waals surface area contributed by atoms with Crippen molar-refractivity contribution in [3.63, 3.8) is 0 Å². The minimum Gasteiger partial charge on any atom is -0.350 e. The maximum atomic E-state index is 13.7. The Morgan fingerprint density at radius 1 is 0.966 bits per heavy atom. The Balaban J connectivity index is 1.42. The van der Waals surface area contributed by atoms with Crippen LogP contribution in [0, 0.1) is 5.82 Å². The molecular formula is C23H20FN3O2. The average molecular weight is 389 g/mol. The summed E-state index contributed by atoms with van der Waals surface area (Å²) in [5, 5.41) is 2.73. The van der Waals surface area contributed by atoms with Gasteiger partial charge in [-0.25, -0.2) is 9.37 Å². The minimum atomic E-state index is -0.391. The van der Waals surface area contributed by atoms with E-state index in [0.29, 0.717) is 18.5 Å². The molecule has 29 heavy (non-hydrogen) atoms. The van der Waals surface area contributed by atoms with Gasteiger partial charge in [-0.2, -0.15) is 0 Å². The van der Waals surface area contributed by atoms with Crippen molar-refractivity contribution in [2.75, 3.05) is 18.0 Å². The van der Waals surface area contributed by atoms with Crippen LogP contribution in [0.5, 0.6) is 0 Å². The molecule has 1 aromatic heterocycles. The predicted octanol–water partition coefficient (Wildman–Crippen LogP) is 3.40. The number of nitrogens with zero attached hydrogens (tertiary/aromatic N) is 2. The minimum absolute atomic E-state index is 0.164. The Labute approximate surface area is 168 Å². The van der Waals surface area contributed by atoms with Crippen molar-refractivity contribution < 1.29 is 14.0 Å². The molecule has 0 fully saturated rings. The number of rotatable bonds is 5. The topological polar surface area (TPSA) is 62.3 Å². The van der Waals surface area contributed by atoms with Gasteiger partial charge in [-0.05, 0) is 48.2 Å². The molecule has 5 nitrogen and oxygen atoms in total. The third kappa shape index (κ3) is 4.01. The number of hydrogen-bond acceptors (Lipinski definition) is 3. The third-order valence-electron chi connectivity index (χ3n) is 4.97. The van der Waals surface area contributed by atoms with E-state index in [1.54, 1.807) is 41.3 Å². The van der Waals surface area contributed by atoms with Crippen LogP contribution >= 0.6 is 0 Å². The number of nitrogens with one attached hydrogen (secondary N) is 1. The first-order valence-corrected chi connectivity index (χ1v) is 9.52. The number of anilines is 1. The van der Waals surface area contributed by atoms with Crippen molar-refractivity contribution in [3.8, 4) is 0 Å². The number of aromatic nitrogens is 1. The van der Waals surface area contributed by atoms with E-state index in [2.05, 4.69) is 10.3 Å². The van der Waals surface area contributed by atoms with Gasteiger partial charge < -0.3 is 10.2 Å². The van der Waals surface area contributed by atoms with Gasteiger partial charge in [-0.3, -0.25) is 9.59 Å². The van der Waals surface area contributed by atoms with Gasteiger partial charge in [0.15, 0.2) is 0 Å². The monoisotopic (exact) mass is 389 g/mol. The predicted molar refractivity (Wildman–Crippen MR) is 108 cm³/mol. The second-order valence-corrected chi connectivity index (χ2v) is 6.84. The SMILES string of the molecule is O=C(NCCc1ccccc1F)c1cccc(C(=O)N2CCc3ccccc32)n1. The number of carbonyl (C=O) groups excluding carboxylic acids is 2. The molecule has 1 N–H and O–H groups in total. The summed E-state index contributed by atoms with van der Waals surface area (Å²) < 4.78 is 13.7. The van der Waals surface area contributed by atoms with Crippen LogP contribution in [-0.2, 0) is 12.8 Å². The number of amides is 2. The lowest BCUT2D eigenvalue weighted by atomic mass is 10.1. The zero-order chi connectivity index (χ0) is 20.2. The van der Waals surface area contributed by atoms with Crippen LogP contribution < -0.4 is 10.2 Å². The summed E-state index contributed by atoms with van der Waals surface area (Å²) in [6, 6.07) is 19.1. The van der Waals surface area contributed by atoms with E-state index in [9.17, 15) is 14.0 Å². The molecule has 0 atom stereocenters. The fourth-order valence-electron chi connectivity index (χ4n) is 3.47. The van der Waals surface area contributed by atoms with Crippen molar-refractivity contribution in [2.24, 2.45) is 0 Å². The van der Waals surface area contributed by atoms with Gasteiger partial charge in [0, 0.05) is 18.8 Å². The molecule has 1 aliphatic rings. The normalized spacial score (nSPS) is 12.5. The van der Waals surface area contributed by atoms with Gasteiger partial charge in [0.05, 0.1) is 0 Å². The molecule has 0 unspecified atom stereocenters. The molecular weight excluding hydrogens is 369 g/mol. The van der Waals surface area contributed by atoms with Crippen molar-refractivity contribution in [3.05, 3.63) is 95.1 Å². The Kier molecular flexibility index (Phi) is 5.33. The van der Waals surface area contributed by atoms with Crippen molar-refractivity contribution in [1.82, 2.24) is 10.3 Å². The van der Waals surface area contributed by atoms with Crippen molar-refractivity contribution in [2.45, 2.75) is 12.8 Å². The van der Waals surface area contributed by atoms with Crippen LogP contribution in [0.2, 0.25) is 0 Å². The van der Waals surface area contributed by atoms with E-state index in [1.165, 1.54) is 6.07 Å². The molecule has 0 bridgehead atoms. The number of carbonyl (C=O) groups is 2. The zero-order valence-corrected chi connectivity index (χ0v) is 15.8. The first-order chi connectivity index (χ1) is 14.1. The molecule has 0 saturated heterocycles. The second kappa shape index (κ2) is 8.22. The standard InChI is InChI=1S/C23H20FN3O2/c24-18-8-3-1-6-16(18)12-14-25-22(28)19-9-5-10-20(26-19)23(29)27-15-13-17-7-2-4-11-21(17)27/h1-11H,12-15H2,(H,25,28). The first-order valence-electron chi connectivity index (χ1n) is 9.52. The van der Waals surface area contributed by atoms with E-state index in [0.717, 1.165) is 17.7 Å². The van der Waals surface area contributed by atoms with E-state index < -0.39 is 5.91 Å². The summed E-state index contributed by atoms with van der Waals surface area (Å²) in [7, 11) is 0. The Bertz CT molecular complexity index is 1070. The lowest BCUT2D eigenvalue weighted by Crippen LogP contribution is -2.31. The summed E-state index contributed by atoms with van der Waals surface area (Å²) in [4.78, 5) is 31.3. The quantitative estimate of drug-likeness (QED) is 0.728. The highest BCUT2D eigenvalue weighted by molar-refractivity contribution is 6.06. The second-order valence-electron chi connectivity index (χ2n) is 6.84. The molecule has 0 saturated carbocycles. The highest BCUT2D eigenvalue weighted by Gasteiger charge is 2.26. The Morgan fingerprint density at radius 3 is 2.59 bits per heavy atom. The highest BCUT2D eigenvalue weighted by atomic mass is 19.1. The number of para-hydroxylation sites is 1.